The van der Waals surface area contributed by atoms with Crippen LogP contribution in [-0.2, 0) is 34.2 Å². The molecule has 1 aliphatic carbocycles. The first-order valence-electron chi connectivity index (χ1n) is 12.1. The van der Waals surface area contributed by atoms with Gasteiger partial charge in [-0.2, -0.15) is 4.31 Å². The fourth-order valence-corrected chi connectivity index (χ4v) is 7.10. The summed E-state index contributed by atoms with van der Waals surface area (Å²) in [4.78, 5) is 25.0. The Morgan fingerprint density at radius 2 is 1.77 bits per heavy atom. The van der Waals surface area contributed by atoms with E-state index in [1.807, 2.05) is 26.0 Å². The van der Waals surface area contributed by atoms with E-state index in [1.165, 1.54) is 39.7 Å². The van der Waals surface area contributed by atoms with Gasteiger partial charge in [-0.25, -0.2) is 18.0 Å². The molecular weight excluding hydrogens is 466 g/mol. The van der Waals surface area contributed by atoms with Crippen molar-refractivity contribution in [3.63, 3.8) is 0 Å². The minimum Gasteiger partial charge on any atom is -0.457 e. The number of hydrogen-bond donors (Lipinski definition) is 0. The predicted octanol–water partition coefficient (Wildman–Crippen LogP) is 4.31. The minimum atomic E-state index is -3.72. The average Bonchev–Trinajstić information content (AvgIpc) is 3.28. The maximum Gasteiger partial charge on any atom is 0.338 e. The fraction of sp³-hybridized carbons (Fsp3) is 0.407. The third-order valence-electron chi connectivity index (χ3n) is 6.94. The highest BCUT2D eigenvalue weighted by atomic mass is 32.2. The number of aryl methyl sites for hydroxylation is 2. The Hall–Kier alpha value is -2.97. The smallest absolute Gasteiger partial charge is 0.338 e. The van der Waals surface area contributed by atoms with Gasteiger partial charge in [-0.3, -0.25) is 0 Å². The van der Waals surface area contributed by atoms with Crippen molar-refractivity contribution in [3.05, 3.63) is 75.1 Å². The number of carbonyl (C=O) groups is 1. The van der Waals surface area contributed by atoms with Crippen LogP contribution in [0.3, 0.4) is 0 Å². The number of sulfonamides is 1. The van der Waals surface area contributed by atoms with E-state index in [0.29, 0.717) is 24.2 Å². The number of hydrogen-bond acceptors (Lipinski definition) is 6. The lowest BCUT2D eigenvalue weighted by Crippen LogP contribution is -2.42. The van der Waals surface area contributed by atoms with E-state index in [-0.39, 0.29) is 28.9 Å². The summed E-state index contributed by atoms with van der Waals surface area (Å²) in [6.45, 7) is 4.92. The molecule has 1 saturated heterocycles. The highest BCUT2D eigenvalue weighted by Crippen LogP contribution is 2.30. The Morgan fingerprint density at radius 1 is 1.06 bits per heavy atom. The molecule has 2 aromatic carbocycles. The van der Waals surface area contributed by atoms with Gasteiger partial charge in [-0.15, -0.1) is 0 Å². The first kappa shape index (κ1) is 23.8. The van der Waals surface area contributed by atoms with Crippen LogP contribution >= 0.6 is 0 Å². The van der Waals surface area contributed by atoms with E-state index < -0.39 is 21.6 Å². The van der Waals surface area contributed by atoms with Crippen LogP contribution in [0, 0.1) is 11.8 Å². The van der Waals surface area contributed by atoms with E-state index in [9.17, 15) is 18.0 Å². The van der Waals surface area contributed by atoms with Crippen LogP contribution in [0.4, 0.5) is 0 Å². The minimum absolute atomic E-state index is 0.0784. The van der Waals surface area contributed by atoms with Gasteiger partial charge in [0.15, 0.2) is 0 Å². The van der Waals surface area contributed by atoms with Gasteiger partial charge in [0.25, 0.3) is 0 Å². The number of piperidine rings is 1. The SMILES string of the molecule is CC1CC(C)CN(S(=O)(=O)c2cccc(C(=O)OCc3cc(=O)oc4cc5c(cc34)CCC5)c2)C1. The summed E-state index contributed by atoms with van der Waals surface area (Å²) in [5, 5.41) is 0.753. The van der Waals surface area contributed by atoms with Crippen LogP contribution in [0.5, 0.6) is 0 Å². The first-order chi connectivity index (χ1) is 16.7. The highest BCUT2D eigenvalue weighted by Gasteiger charge is 2.32. The van der Waals surface area contributed by atoms with E-state index in [0.717, 1.165) is 31.1 Å². The van der Waals surface area contributed by atoms with Crippen LogP contribution in [-0.4, -0.2) is 31.8 Å². The molecule has 3 aromatic rings. The number of esters is 1. The lowest BCUT2D eigenvalue weighted by atomic mass is 9.94. The van der Waals surface area contributed by atoms with Crippen molar-refractivity contribution in [2.24, 2.45) is 11.8 Å². The molecule has 1 aromatic heterocycles. The molecule has 184 valence electrons. The Bertz CT molecular complexity index is 1450. The van der Waals surface area contributed by atoms with Gasteiger partial charge in [0, 0.05) is 30.1 Å². The standard InChI is InChI=1S/C27H29NO6S/c1-17-9-18(2)15-28(14-17)35(31,32)23-8-4-7-21(10-23)27(30)33-16-22-13-26(29)34-25-12-20-6-3-5-19(20)11-24(22)25/h4,7-8,10-13,17-18H,3,5-6,9,14-16H2,1-2H3. The zero-order valence-electron chi connectivity index (χ0n) is 20.0. The lowest BCUT2D eigenvalue weighted by Gasteiger charge is -2.34. The molecule has 2 aliphatic rings. The number of fused-ring (bicyclic) bond motifs is 2. The number of ether oxygens (including phenoxy) is 1. The molecule has 2 atom stereocenters. The zero-order valence-corrected chi connectivity index (χ0v) is 20.8. The number of nitrogens with zero attached hydrogens (tertiary/aromatic N) is 1. The molecule has 0 radical (unpaired) electrons. The molecule has 0 N–H and O–H groups in total. The maximum atomic E-state index is 13.2. The van der Waals surface area contributed by atoms with Crippen molar-refractivity contribution in [3.8, 4) is 0 Å². The molecule has 5 rings (SSSR count). The van der Waals surface area contributed by atoms with Crippen molar-refractivity contribution in [2.45, 2.75) is 51.0 Å². The lowest BCUT2D eigenvalue weighted by molar-refractivity contribution is 0.0473. The monoisotopic (exact) mass is 495 g/mol. The topological polar surface area (TPSA) is 93.9 Å². The van der Waals surface area contributed by atoms with Gasteiger partial charge in [-0.05, 0) is 79.0 Å². The van der Waals surface area contributed by atoms with Gasteiger partial charge in [0.2, 0.25) is 10.0 Å². The summed E-state index contributed by atoms with van der Waals surface area (Å²) in [5.74, 6) is -0.0903. The summed E-state index contributed by atoms with van der Waals surface area (Å²) in [5.41, 5.74) is 3.11. The molecule has 8 heteroatoms. The molecule has 1 fully saturated rings. The number of rotatable bonds is 5. The third-order valence-corrected chi connectivity index (χ3v) is 8.77. The fourth-order valence-electron chi connectivity index (χ4n) is 5.38. The molecule has 7 nitrogen and oxygen atoms in total. The Labute approximate surface area is 204 Å². The Kier molecular flexibility index (Phi) is 6.27. The average molecular weight is 496 g/mol. The molecular formula is C27H29NO6S. The summed E-state index contributed by atoms with van der Waals surface area (Å²) in [6.07, 6.45) is 3.99. The van der Waals surface area contributed by atoms with Crippen LogP contribution in [0.1, 0.15) is 53.7 Å². The predicted molar refractivity (Wildman–Crippen MR) is 132 cm³/mol. The largest absolute Gasteiger partial charge is 0.457 e. The maximum absolute atomic E-state index is 13.2. The van der Waals surface area contributed by atoms with Crippen LogP contribution in [0.25, 0.3) is 11.0 Å². The third kappa shape index (κ3) is 4.77. The molecule has 0 amide bonds. The van der Waals surface area contributed by atoms with Crippen molar-refractivity contribution in [1.82, 2.24) is 4.31 Å². The molecule has 2 heterocycles. The van der Waals surface area contributed by atoms with Gasteiger partial charge in [0.05, 0.1) is 10.5 Å². The second-order valence-corrected chi connectivity index (χ2v) is 11.9. The summed E-state index contributed by atoms with van der Waals surface area (Å²) in [6, 6.07) is 11.2. The number of carbonyl (C=O) groups excluding carboxylic acids is 1. The highest BCUT2D eigenvalue weighted by molar-refractivity contribution is 7.89. The van der Waals surface area contributed by atoms with Crippen molar-refractivity contribution in [2.75, 3.05) is 13.1 Å². The molecule has 0 saturated carbocycles. The Morgan fingerprint density at radius 3 is 2.51 bits per heavy atom. The Balaban J connectivity index is 1.37. The second-order valence-electron chi connectivity index (χ2n) is 9.93. The van der Waals surface area contributed by atoms with Gasteiger partial charge < -0.3 is 9.15 Å². The molecule has 35 heavy (non-hydrogen) atoms. The summed E-state index contributed by atoms with van der Waals surface area (Å²) in [7, 11) is -3.72. The van der Waals surface area contributed by atoms with Crippen LogP contribution < -0.4 is 5.63 Å². The first-order valence-corrected chi connectivity index (χ1v) is 13.5. The van der Waals surface area contributed by atoms with E-state index in [1.54, 1.807) is 6.07 Å². The van der Waals surface area contributed by atoms with Gasteiger partial charge >= 0.3 is 11.6 Å². The molecule has 0 spiro atoms. The summed E-state index contributed by atoms with van der Waals surface area (Å²) >= 11 is 0. The van der Waals surface area contributed by atoms with E-state index >= 15 is 0 Å². The molecule has 1 aliphatic heterocycles. The van der Waals surface area contributed by atoms with Gasteiger partial charge in [0.1, 0.15) is 12.2 Å². The van der Waals surface area contributed by atoms with Crippen LogP contribution in [0.2, 0.25) is 0 Å². The van der Waals surface area contributed by atoms with Crippen molar-refractivity contribution in [1.29, 1.82) is 0 Å². The molecule has 0 bridgehead atoms. The van der Waals surface area contributed by atoms with E-state index in [2.05, 4.69) is 0 Å². The second kappa shape index (κ2) is 9.24. The molecule has 2 unspecified atom stereocenters. The normalized spacial score (nSPS) is 20.6. The quantitative estimate of drug-likeness (QED) is 0.387. The summed E-state index contributed by atoms with van der Waals surface area (Å²) < 4.78 is 38.9. The number of benzene rings is 2. The van der Waals surface area contributed by atoms with Crippen LogP contribution in [0.15, 0.2) is 56.6 Å². The van der Waals surface area contributed by atoms with Gasteiger partial charge in [-0.1, -0.05) is 19.9 Å². The zero-order chi connectivity index (χ0) is 24.7. The van der Waals surface area contributed by atoms with E-state index in [4.69, 9.17) is 9.15 Å². The van der Waals surface area contributed by atoms with Crippen molar-refractivity contribution < 1.29 is 22.4 Å². The van der Waals surface area contributed by atoms with Crippen molar-refractivity contribution >= 4 is 27.0 Å².